The van der Waals surface area contributed by atoms with E-state index in [1.54, 1.807) is 19.2 Å². The number of halogens is 1. The molecule has 1 aromatic heterocycles. The van der Waals surface area contributed by atoms with E-state index in [2.05, 4.69) is 15.3 Å². The first-order valence-corrected chi connectivity index (χ1v) is 5.48. The number of methoxy groups -OCH3 is 1. The average molecular weight is 258 g/mol. The van der Waals surface area contributed by atoms with Crippen molar-refractivity contribution < 1.29 is 9.13 Å². The molecular weight excluding hydrogens is 247 g/mol. The molecule has 0 unspecified atom stereocenters. The molecule has 0 aliphatic heterocycles. The predicted octanol–water partition coefficient (Wildman–Crippen LogP) is 2.20. The molecule has 0 fully saturated rings. The largest absolute Gasteiger partial charge is 0.496 e. The summed E-state index contributed by atoms with van der Waals surface area (Å²) >= 11 is 0. The lowest BCUT2D eigenvalue weighted by Gasteiger charge is -2.10. The van der Waals surface area contributed by atoms with Crippen LogP contribution in [0, 0.1) is 17.1 Å². The maximum Gasteiger partial charge on any atom is 0.223 e. The number of nitriles is 1. The minimum Gasteiger partial charge on any atom is -0.496 e. The Morgan fingerprint density at radius 1 is 1.42 bits per heavy atom. The van der Waals surface area contributed by atoms with Crippen molar-refractivity contribution in [3.05, 3.63) is 35.8 Å². The summed E-state index contributed by atoms with van der Waals surface area (Å²) in [5.74, 6) is 0.159. The average Bonchev–Trinajstić information content (AvgIpc) is 2.47. The van der Waals surface area contributed by atoms with E-state index in [9.17, 15) is 4.39 Å². The maximum absolute atomic E-state index is 13.9. The molecule has 0 aliphatic rings. The molecular formula is C13H11FN4O. The minimum absolute atomic E-state index is 0.0910. The van der Waals surface area contributed by atoms with Gasteiger partial charge >= 0.3 is 0 Å². The van der Waals surface area contributed by atoms with Crippen LogP contribution in [0.2, 0.25) is 0 Å². The second kappa shape index (κ2) is 5.31. The van der Waals surface area contributed by atoms with Gasteiger partial charge < -0.3 is 10.1 Å². The highest BCUT2D eigenvalue weighted by Crippen LogP contribution is 2.31. The summed E-state index contributed by atoms with van der Waals surface area (Å²) in [5.41, 5.74) is 0.908. The standard InChI is InChI=1S/C13H11FN4O/c1-16-13-17-7-10(14)12(18-13)9-5-8(6-15)3-4-11(9)19-2/h3-5,7H,1-2H3,(H,16,17,18). The lowest BCUT2D eigenvalue weighted by Crippen LogP contribution is -2.01. The zero-order valence-corrected chi connectivity index (χ0v) is 10.4. The summed E-state index contributed by atoms with van der Waals surface area (Å²) in [6, 6.07) is 6.73. The summed E-state index contributed by atoms with van der Waals surface area (Å²) in [4.78, 5) is 7.84. The number of nitrogens with one attached hydrogen (secondary N) is 1. The molecule has 0 atom stereocenters. The third-order valence-electron chi connectivity index (χ3n) is 2.55. The molecule has 0 saturated heterocycles. The first-order valence-electron chi connectivity index (χ1n) is 5.48. The van der Waals surface area contributed by atoms with Crippen LogP contribution in [-0.2, 0) is 0 Å². The number of rotatable bonds is 3. The van der Waals surface area contributed by atoms with Crippen molar-refractivity contribution in [2.24, 2.45) is 0 Å². The van der Waals surface area contributed by atoms with Gasteiger partial charge in [-0.1, -0.05) is 0 Å². The van der Waals surface area contributed by atoms with Gasteiger partial charge in [-0.3, -0.25) is 0 Å². The Morgan fingerprint density at radius 3 is 2.84 bits per heavy atom. The van der Waals surface area contributed by atoms with Crippen LogP contribution in [0.3, 0.4) is 0 Å². The van der Waals surface area contributed by atoms with Gasteiger partial charge in [0.1, 0.15) is 11.4 Å². The first kappa shape index (κ1) is 12.8. The summed E-state index contributed by atoms with van der Waals surface area (Å²) < 4.78 is 19.0. The van der Waals surface area contributed by atoms with E-state index in [0.29, 0.717) is 22.8 Å². The van der Waals surface area contributed by atoms with Crippen molar-refractivity contribution in [2.45, 2.75) is 0 Å². The smallest absolute Gasteiger partial charge is 0.223 e. The van der Waals surface area contributed by atoms with Gasteiger partial charge in [-0.15, -0.1) is 0 Å². The second-order valence-corrected chi connectivity index (χ2v) is 3.67. The lowest BCUT2D eigenvalue weighted by atomic mass is 10.1. The van der Waals surface area contributed by atoms with Gasteiger partial charge in [0.2, 0.25) is 5.95 Å². The summed E-state index contributed by atoms with van der Waals surface area (Å²) in [5, 5.41) is 11.6. The molecule has 0 saturated carbocycles. The summed E-state index contributed by atoms with van der Waals surface area (Å²) in [7, 11) is 3.11. The molecule has 0 spiro atoms. The highest BCUT2D eigenvalue weighted by Gasteiger charge is 2.14. The Balaban J connectivity index is 2.66. The Labute approximate surface area is 109 Å². The highest BCUT2D eigenvalue weighted by atomic mass is 19.1. The van der Waals surface area contributed by atoms with Gasteiger partial charge in [-0.05, 0) is 18.2 Å². The molecule has 0 radical (unpaired) electrons. The van der Waals surface area contributed by atoms with Crippen LogP contribution in [0.1, 0.15) is 5.56 Å². The van der Waals surface area contributed by atoms with Crippen molar-refractivity contribution in [1.29, 1.82) is 5.26 Å². The minimum atomic E-state index is -0.576. The fourth-order valence-electron chi connectivity index (χ4n) is 1.64. The van der Waals surface area contributed by atoms with Gasteiger partial charge in [0.05, 0.1) is 24.9 Å². The van der Waals surface area contributed by atoms with Crippen LogP contribution in [0.5, 0.6) is 5.75 Å². The Kier molecular flexibility index (Phi) is 3.57. The molecule has 0 amide bonds. The molecule has 1 aromatic carbocycles. The van der Waals surface area contributed by atoms with Gasteiger partial charge in [-0.25, -0.2) is 14.4 Å². The zero-order valence-electron chi connectivity index (χ0n) is 10.4. The van der Waals surface area contributed by atoms with E-state index in [1.165, 1.54) is 13.2 Å². The monoisotopic (exact) mass is 258 g/mol. The third kappa shape index (κ3) is 2.45. The number of aromatic nitrogens is 2. The van der Waals surface area contributed by atoms with Crippen LogP contribution < -0.4 is 10.1 Å². The van der Waals surface area contributed by atoms with Crippen molar-refractivity contribution in [2.75, 3.05) is 19.5 Å². The van der Waals surface area contributed by atoms with Crippen LogP contribution in [0.4, 0.5) is 10.3 Å². The number of benzene rings is 1. The molecule has 2 aromatic rings. The van der Waals surface area contributed by atoms with Gasteiger partial charge in [0.25, 0.3) is 0 Å². The molecule has 19 heavy (non-hydrogen) atoms. The van der Waals surface area contributed by atoms with Crippen LogP contribution in [-0.4, -0.2) is 24.1 Å². The summed E-state index contributed by atoms with van der Waals surface area (Å²) in [6.45, 7) is 0. The van der Waals surface area contributed by atoms with Gasteiger partial charge in [0, 0.05) is 12.6 Å². The van der Waals surface area contributed by atoms with Crippen molar-refractivity contribution in [1.82, 2.24) is 9.97 Å². The lowest BCUT2D eigenvalue weighted by molar-refractivity contribution is 0.416. The number of ether oxygens (including phenoxy) is 1. The van der Waals surface area contributed by atoms with Crippen molar-refractivity contribution >= 4 is 5.95 Å². The third-order valence-corrected chi connectivity index (χ3v) is 2.55. The molecule has 6 heteroatoms. The quantitative estimate of drug-likeness (QED) is 0.913. The van der Waals surface area contributed by atoms with Crippen LogP contribution >= 0.6 is 0 Å². The highest BCUT2D eigenvalue weighted by molar-refractivity contribution is 5.70. The van der Waals surface area contributed by atoms with E-state index < -0.39 is 5.82 Å². The Morgan fingerprint density at radius 2 is 2.21 bits per heavy atom. The van der Waals surface area contributed by atoms with Crippen molar-refractivity contribution in [3.8, 4) is 23.1 Å². The molecule has 5 nitrogen and oxygen atoms in total. The summed E-state index contributed by atoms with van der Waals surface area (Å²) in [6.07, 6.45) is 1.08. The fraction of sp³-hybridized carbons (Fsp3) is 0.154. The van der Waals surface area contributed by atoms with E-state index in [-0.39, 0.29) is 5.69 Å². The second-order valence-electron chi connectivity index (χ2n) is 3.67. The van der Waals surface area contributed by atoms with E-state index >= 15 is 0 Å². The van der Waals surface area contributed by atoms with Crippen molar-refractivity contribution in [3.63, 3.8) is 0 Å². The van der Waals surface area contributed by atoms with E-state index in [4.69, 9.17) is 10.00 Å². The topological polar surface area (TPSA) is 70.8 Å². The SMILES string of the molecule is CNc1ncc(F)c(-c2cc(C#N)ccc2OC)n1. The zero-order chi connectivity index (χ0) is 13.8. The number of anilines is 1. The van der Waals surface area contributed by atoms with Gasteiger partial charge in [0.15, 0.2) is 5.82 Å². The molecule has 0 aliphatic carbocycles. The van der Waals surface area contributed by atoms with E-state index in [1.807, 2.05) is 6.07 Å². The van der Waals surface area contributed by atoms with Crippen LogP contribution in [0.15, 0.2) is 24.4 Å². The first-order chi connectivity index (χ1) is 9.19. The number of hydrogen-bond acceptors (Lipinski definition) is 5. The normalized spacial score (nSPS) is 9.79. The molecule has 0 bridgehead atoms. The fourth-order valence-corrected chi connectivity index (χ4v) is 1.64. The number of hydrogen-bond donors (Lipinski definition) is 1. The molecule has 1 N–H and O–H groups in total. The molecule has 2 rings (SSSR count). The molecule has 1 heterocycles. The Hall–Kier alpha value is -2.68. The Bertz CT molecular complexity index is 652. The molecule has 96 valence electrons. The van der Waals surface area contributed by atoms with E-state index in [0.717, 1.165) is 6.20 Å². The van der Waals surface area contributed by atoms with Gasteiger partial charge in [-0.2, -0.15) is 5.26 Å². The number of nitrogens with zero attached hydrogens (tertiary/aromatic N) is 3. The predicted molar refractivity (Wildman–Crippen MR) is 68.2 cm³/mol. The maximum atomic E-state index is 13.9. The van der Waals surface area contributed by atoms with Crippen LogP contribution in [0.25, 0.3) is 11.3 Å².